The molecule has 7 rings (SSSR count). The number of aliphatic hydroxyl groups excluding tert-OH is 8. The Morgan fingerprint density at radius 3 is 2.08 bits per heavy atom. The Hall–Kier alpha value is -6.96. The van der Waals surface area contributed by atoms with Gasteiger partial charge in [0, 0.05) is 53.9 Å². The molecule has 0 saturated carbocycles. The van der Waals surface area contributed by atoms with Crippen LogP contribution in [0.4, 0.5) is 0 Å². The first-order valence-electron chi connectivity index (χ1n) is 28.1. The van der Waals surface area contributed by atoms with E-state index in [4.69, 9.17) is 15.5 Å². The molecule has 15 atom stereocenters. The first-order chi connectivity index (χ1) is 42.0. The molecule has 3 saturated heterocycles. The van der Waals surface area contributed by atoms with Crippen LogP contribution in [0.1, 0.15) is 81.3 Å². The molecule has 4 aromatic rings. The number of ether oxygens (including phenoxy) is 1. The molecule has 1 unspecified atom stereocenters. The summed E-state index contributed by atoms with van der Waals surface area (Å²) < 4.78 is 44.4. The molecule has 0 aliphatic carbocycles. The first-order valence-corrected chi connectivity index (χ1v) is 30.3. The number of phenolic OH excluding ortho intramolecular Hbond substituents is 1. The van der Waals surface area contributed by atoms with Crippen LogP contribution in [0.15, 0.2) is 72.1 Å². The van der Waals surface area contributed by atoms with E-state index in [2.05, 4.69) is 27.1 Å². The van der Waals surface area contributed by atoms with Gasteiger partial charge in [0.05, 0.1) is 43.1 Å². The summed E-state index contributed by atoms with van der Waals surface area (Å²) in [7, 11) is -5.60. The van der Waals surface area contributed by atoms with Crippen LogP contribution in [0, 0.1) is 5.92 Å². The van der Waals surface area contributed by atoms with Gasteiger partial charge in [-0.2, -0.15) is 0 Å². The Morgan fingerprint density at radius 1 is 0.811 bits per heavy atom. The summed E-state index contributed by atoms with van der Waals surface area (Å²) >= 11 is 1.36. The fourth-order valence-corrected chi connectivity index (χ4v) is 11.5. The molecule has 90 heavy (non-hydrogen) atoms. The first kappa shape index (κ1) is 72.1. The third-order valence-corrected chi connectivity index (χ3v) is 16.4. The van der Waals surface area contributed by atoms with E-state index in [0.29, 0.717) is 50.6 Å². The summed E-state index contributed by atoms with van der Waals surface area (Å²) in [6.07, 6.45) is -17.2. The van der Waals surface area contributed by atoms with Crippen LogP contribution in [0.2, 0.25) is 0 Å². The molecule has 3 aliphatic heterocycles. The normalized spacial score (nSPS) is 26.2. The zero-order chi connectivity index (χ0) is 65.3. The molecule has 8 amide bonds. The number of nitrogens with one attached hydrogen (secondary N) is 5. The maximum absolute atomic E-state index is 14.7. The van der Waals surface area contributed by atoms with Gasteiger partial charge in [0.15, 0.2) is 17.7 Å². The molecular formula is C56H70N9NaO22S2. The Bertz CT molecular complexity index is 3350. The molecule has 3 fully saturated rings. The number of thiazole rings is 1. The number of aromatic nitrogens is 1. The van der Waals surface area contributed by atoms with Crippen molar-refractivity contribution in [2.45, 2.75) is 145 Å². The largest absolute Gasteiger partial charge is 1.00 e. The van der Waals surface area contributed by atoms with Crippen LogP contribution >= 0.6 is 11.3 Å². The van der Waals surface area contributed by atoms with Gasteiger partial charge in [0.25, 0.3) is 16.3 Å². The molecule has 0 spiro atoms. The second-order valence-corrected chi connectivity index (χ2v) is 23.7. The summed E-state index contributed by atoms with van der Waals surface area (Å²) in [6, 6.07) is 2.28. The summed E-state index contributed by atoms with van der Waals surface area (Å²) in [5.41, 5.74) is 6.59. The van der Waals surface area contributed by atoms with Crippen LogP contribution in [0.5, 0.6) is 17.2 Å². The number of carbonyl (C=O) groups is 8. The van der Waals surface area contributed by atoms with Gasteiger partial charge in [-0.25, -0.2) is 13.4 Å². The number of aliphatic hydroxyl groups is 8. The van der Waals surface area contributed by atoms with Crippen molar-refractivity contribution >= 4 is 69.0 Å². The third-order valence-electron chi connectivity index (χ3n) is 15.1. The molecule has 4 heterocycles. The zero-order valence-corrected chi connectivity index (χ0v) is 52.7. The van der Waals surface area contributed by atoms with Crippen LogP contribution in [-0.4, -0.2) is 220 Å². The van der Waals surface area contributed by atoms with E-state index in [1.807, 2.05) is 34.9 Å². The van der Waals surface area contributed by atoms with Gasteiger partial charge < -0.3 is 102 Å². The maximum Gasteiger partial charge on any atom is 1.00 e. The molecule has 31 nitrogen and oxygen atoms in total. The Morgan fingerprint density at radius 2 is 1.44 bits per heavy atom. The third kappa shape index (κ3) is 18.0. The van der Waals surface area contributed by atoms with E-state index in [1.54, 1.807) is 17.5 Å². The van der Waals surface area contributed by atoms with Crippen molar-refractivity contribution in [3.05, 3.63) is 83.2 Å². The Labute approximate surface area is 541 Å². The average molecular weight is 1310 g/mol. The molecule has 0 radical (unpaired) electrons. The Balaban J connectivity index is 0.0000129. The molecule has 0 bridgehead atoms. The van der Waals surface area contributed by atoms with Crippen molar-refractivity contribution in [2.24, 2.45) is 11.7 Å². The van der Waals surface area contributed by atoms with E-state index in [0.717, 1.165) is 37.8 Å². The van der Waals surface area contributed by atoms with Gasteiger partial charge in [-0.1, -0.05) is 44.9 Å². The van der Waals surface area contributed by atoms with Crippen molar-refractivity contribution in [3.63, 3.8) is 0 Å². The van der Waals surface area contributed by atoms with E-state index in [1.165, 1.54) is 30.4 Å². The number of aromatic hydroxyl groups is 1. The SMILES string of the molecule is CCCCCOc1ccc(-c2nc(-c3ccc(C(=O)N[C@H]4C[C@@H](O)[C@@H](O)NC(=O)[C@@H]5[C@@H](O)[C@@H](C)CN5C(=O)[C@H]([C@H](O)CC(N)=O)NC(=O)[C@H]([C@H](O)[C@@H](O)c5ccc(O)c(OS(=O)(=O)[O-])c5)NC(=O)[C@@H]5C[C@@H](O)CN5C(=O)C([C@@H](C)O)NC4=O)cc3)cs2)cc1.[Na+]. The van der Waals surface area contributed by atoms with Gasteiger partial charge in [-0.05, 0) is 67.4 Å². The monoisotopic (exact) mass is 1310 g/mol. The van der Waals surface area contributed by atoms with Crippen molar-refractivity contribution in [3.8, 4) is 39.1 Å². The molecule has 34 heteroatoms. The van der Waals surface area contributed by atoms with Gasteiger partial charge in [0.2, 0.25) is 41.4 Å². The number of nitrogens with zero attached hydrogens (tertiary/aromatic N) is 3. The molecule has 1 aromatic heterocycles. The van der Waals surface area contributed by atoms with Crippen LogP contribution in [0.3, 0.4) is 0 Å². The van der Waals surface area contributed by atoms with E-state index in [9.17, 15) is 97.3 Å². The number of unbranched alkanes of at least 4 members (excludes halogenated alkanes) is 2. The number of primary amides is 1. The fraction of sp³-hybridized carbons (Fsp3) is 0.482. The standard InChI is InChI=1S/C56H71N9O22S2.Na/c1-4-5-6-17-86-32-14-11-29(12-15-32)54-59-34(24-88-54)27-7-9-28(10-8-27)48(75)58-33-20-38(70)51(78)63-53(80)44-45(72)25(2)22-65(44)56(82)42(37(69)21-40(57)71)61-52(79)43(47(74)46(73)30-13-16-36(68)39(18-30)87-89(83,84)85)62-50(77)35-19-31(67)23-64(35)55(81)41(26(3)66)60-49(33)76;/h7-16,18,24-26,31,33,35,37-38,41-47,51,66-70,72-74,78H,4-6,17,19-23H2,1-3H3,(H2,57,71)(H,58,75)(H,60,76)(H,61,79)(H,62,77)(H,63,80)(H,83,84,85);/q;+1/p-1/t25-,26+,31+,33-,35-,37+,38+,41?,42-,43-,44-,45-,46-,47-,51+;/m0./s1. The number of hydrogen-bond donors (Lipinski definition) is 15. The predicted octanol–water partition coefficient (Wildman–Crippen LogP) is -6.77. The van der Waals surface area contributed by atoms with Crippen molar-refractivity contribution < 1.29 is 136 Å². The summed E-state index contributed by atoms with van der Waals surface area (Å²) in [5, 5.41) is 115. The van der Waals surface area contributed by atoms with Crippen molar-refractivity contribution in [1.82, 2.24) is 41.4 Å². The number of carbonyl (C=O) groups excluding carboxylic acids is 8. The summed E-state index contributed by atoms with van der Waals surface area (Å²) in [5.74, 6) is -13.3. The second kappa shape index (κ2) is 31.4. The molecule has 484 valence electrons. The minimum Gasteiger partial charge on any atom is -0.716 e. The smallest absolute Gasteiger partial charge is 0.716 e. The topological polar surface area (TPSA) is 500 Å². The van der Waals surface area contributed by atoms with Gasteiger partial charge >= 0.3 is 29.6 Å². The maximum atomic E-state index is 14.7. The number of fused-ring (bicyclic) bond motifs is 2. The fourth-order valence-electron chi connectivity index (χ4n) is 10.3. The van der Waals surface area contributed by atoms with Crippen LogP contribution in [0.25, 0.3) is 21.8 Å². The number of nitrogens with two attached hydrogens (primary N) is 1. The quantitative estimate of drug-likeness (QED) is 0.0191. The molecule has 16 N–H and O–H groups in total. The molecule has 3 aromatic carbocycles. The minimum atomic E-state index is -5.60. The molecular weight excluding hydrogens is 1240 g/mol. The van der Waals surface area contributed by atoms with E-state index in [-0.39, 0.29) is 35.1 Å². The van der Waals surface area contributed by atoms with E-state index < -0.39 is 198 Å². The summed E-state index contributed by atoms with van der Waals surface area (Å²) in [4.78, 5) is 119. The minimum absolute atomic E-state index is 0. The zero-order valence-electron chi connectivity index (χ0n) is 49.0. The van der Waals surface area contributed by atoms with E-state index >= 15 is 0 Å². The second-order valence-electron chi connectivity index (χ2n) is 21.9. The van der Waals surface area contributed by atoms with Crippen molar-refractivity contribution in [2.75, 3.05) is 19.7 Å². The van der Waals surface area contributed by atoms with Gasteiger partial charge in [0.1, 0.15) is 65.3 Å². The average Bonchev–Trinajstić information content (AvgIpc) is 2.24. The van der Waals surface area contributed by atoms with Crippen molar-refractivity contribution in [1.29, 1.82) is 0 Å². The number of hydrogen-bond acceptors (Lipinski definition) is 24. The number of amides is 8. The van der Waals surface area contributed by atoms with Gasteiger partial charge in [-0.15, -0.1) is 11.3 Å². The van der Waals surface area contributed by atoms with Gasteiger partial charge in [-0.3, -0.25) is 38.4 Å². The molecule has 3 aliphatic rings. The number of rotatable bonds is 18. The Kier molecular flexibility index (Phi) is 25.1. The predicted molar refractivity (Wildman–Crippen MR) is 308 cm³/mol. The number of phenols is 1. The summed E-state index contributed by atoms with van der Waals surface area (Å²) in [6.45, 7) is 3.78. The van der Waals surface area contributed by atoms with Crippen LogP contribution < -0.4 is 70.8 Å². The van der Waals surface area contributed by atoms with Crippen LogP contribution in [-0.2, 0) is 44.0 Å². The number of benzene rings is 3.